The van der Waals surface area contributed by atoms with Crippen LogP contribution in [0.2, 0.25) is 0 Å². The third kappa shape index (κ3) is 9.80. The fraction of sp³-hybridized carbons (Fsp3) is 0.769. The van der Waals surface area contributed by atoms with E-state index in [4.69, 9.17) is 22.9 Å². The van der Waals surface area contributed by atoms with Gasteiger partial charge < -0.3 is 53.6 Å². The normalized spacial score (nSPS) is 21.2. The molecule has 2 aliphatic heterocycles. The minimum Gasteiger partial charge on any atom is -0.480 e. The van der Waals surface area contributed by atoms with Gasteiger partial charge in [-0.2, -0.15) is 0 Å². The second-order valence-corrected chi connectivity index (χ2v) is 10.8. The van der Waals surface area contributed by atoms with Crippen molar-refractivity contribution in [2.75, 3.05) is 26.2 Å². The summed E-state index contributed by atoms with van der Waals surface area (Å²) in [5, 5.41) is 24.5. The molecule has 0 saturated carbocycles. The number of aliphatic hydroxyl groups excluding tert-OH is 1. The molecule has 2 saturated heterocycles. The van der Waals surface area contributed by atoms with Gasteiger partial charge in [0.15, 0.2) is 5.96 Å². The largest absolute Gasteiger partial charge is 0.480 e. The van der Waals surface area contributed by atoms with Crippen LogP contribution in [0.4, 0.5) is 0 Å². The van der Waals surface area contributed by atoms with Crippen LogP contribution in [0.1, 0.15) is 64.7 Å². The molecule has 42 heavy (non-hydrogen) atoms. The molecule has 12 N–H and O–H groups in total. The standard InChI is InChI=1S/C26H47N9O7/c1-15(36)20(28)22(38)32-16(7-2-3-11-27)23(39)35-14-6-10-19(35)24(40)34-13-5-9-18(34)21(37)33-17(25(41)42)8-4-12-31-26(29)30/h15-20,36H,2-14,27-28H2,1H3,(H,32,38)(H,33,37)(H,41,42)(H4,29,30,31). The number of nitrogens with one attached hydrogen (secondary N) is 2. The summed E-state index contributed by atoms with van der Waals surface area (Å²) in [6.07, 6.45) is 2.59. The number of unbranched alkanes of at least 4 members (excludes halogenated alkanes) is 1. The lowest BCUT2D eigenvalue weighted by molar-refractivity contribution is -0.149. The summed E-state index contributed by atoms with van der Waals surface area (Å²) in [4.78, 5) is 71.5. The van der Waals surface area contributed by atoms with Crippen LogP contribution in [0.5, 0.6) is 0 Å². The number of aliphatic hydroxyl groups is 1. The van der Waals surface area contributed by atoms with Gasteiger partial charge >= 0.3 is 5.97 Å². The van der Waals surface area contributed by atoms with E-state index in [1.54, 1.807) is 0 Å². The molecule has 2 heterocycles. The number of amides is 4. The number of hydrogen-bond donors (Lipinski definition) is 8. The van der Waals surface area contributed by atoms with Gasteiger partial charge in [-0.1, -0.05) is 0 Å². The molecule has 2 fully saturated rings. The van der Waals surface area contributed by atoms with E-state index in [1.165, 1.54) is 16.7 Å². The molecule has 0 radical (unpaired) electrons. The summed E-state index contributed by atoms with van der Waals surface area (Å²) in [5.41, 5.74) is 21.9. The van der Waals surface area contributed by atoms with Gasteiger partial charge in [-0.15, -0.1) is 0 Å². The highest BCUT2D eigenvalue weighted by Crippen LogP contribution is 2.26. The van der Waals surface area contributed by atoms with Crippen LogP contribution in [0.3, 0.4) is 0 Å². The van der Waals surface area contributed by atoms with Crippen molar-refractivity contribution in [1.82, 2.24) is 20.4 Å². The van der Waals surface area contributed by atoms with Crippen LogP contribution < -0.4 is 33.6 Å². The first-order valence-corrected chi connectivity index (χ1v) is 14.5. The topological polar surface area (TPSA) is 273 Å². The summed E-state index contributed by atoms with van der Waals surface area (Å²) < 4.78 is 0. The maximum Gasteiger partial charge on any atom is 0.326 e. The maximum atomic E-state index is 13.7. The number of rotatable bonds is 16. The SMILES string of the molecule is CC(O)C(N)C(=O)NC(CCCCN)C(=O)N1CCCC1C(=O)N1CCCC1C(=O)NC(CCCN=C(N)N)C(=O)O. The molecular weight excluding hydrogens is 550 g/mol. The van der Waals surface area contributed by atoms with Crippen molar-refractivity contribution in [3.63, 3.8) is 0 Å². The van der Waals surface area contributed by atoms with E-state index >= 15 is 0 Å². The molecule has 6 atom stereocenters. The van der Waals surface area contributed by atoms with Crippen molar-refractivity contribution in [1.29, 1.82) is 0 Å². The summed E-state index contributed by atoms with van der Waals surface area (Å²) in [7, 11) is 0. The zero-order valence-electron chi connectivity index (χ0n) is 24.2. The molecule has 0 aromatic heterocycles. The molecular formula is C26H47N9O7. The number of nitrogens with two attached hydrogens (primary N) is 4. The Morgan fingerprint density at radius 1 is 0.929 bits per heavy atom. The van der Waals surface area contributed by atoms with E-state index in [-0.39, 0.29) is 31.9 Å². The Hall–Kier alpha value is -3.50. The highest BCUT2D eigenvalue weighted by Gasteiger charge is 2.44. The Bertz CT molecular complexity index is 989. The van der Waals surface area contributed by atoms with Gasteiger partial charge in [0.1, 0.15) is 30.2 Å². The molecule has 2 aliphatic rings. The van der Waals surface area contributed by atoms with E-state index < -0.39 is 65.9 Å². The lowest BCUT2D eigenvalue weighted by atomic mass is 10.1. The van der Waals surface area contributed by atoms with Crippen molar-refractivity contribution in [2.24, 2.45) is 27.9 Å². The third-order valence-electron chi connectivity index (χ3n) is 7.60. The van der Waals surface area contributed by atoms with E-state index in [9.17, 15) is 34.2 Å². The fourth-order valence-electron chi connectivity index (χ4n) is 5.25. The van der Waals surface area contributed by atoms with E-state index in [0.29, 0.717) is 58.0 Å². The predicted molar refractivity (Wildman–Crippen MR) is 153 cm³/mol. The van der Waals surface area contributed by atoms with E-state index in [1.807, 2.05) is 0 Å². The van der Waals surface area contributed by atoms with E-state index in [0.717, 1.165) is 0 Å². The minimum absolute atomic E-state index is 0.0966. The molecule has 0 bridgehead atoms. The predicted octanol–water partition coefficient (Wildman–Crippen LogP) is -3.09. The average Bonchev–Trinajstić information content (AvgIpc) is 3.63. The number of likely N-dealkylation sites (tertiary alicyclic amines) is 2. The van der Waals surface area contributed by atoms with Crippen LogP contribution in [0.25, 0.3) is 0 Å². The summed E-state index contributed by atoms with van der Waals surface area (Å²) in [6.45, 7) is 2.57. The summed E-state index contributed by atoms with van der Waals surface area (Å²) >= 11 is 0. The number of carbonyl (C=O) groups is 5. The number of aliphatic imine (C=N–C) groups is 1. The summed E-state index contributed by atoms with van der Waals surface area (Å²) in [6, 6.07) is -5.08. The van der Waals surface area contributed by atoms with Gasteiger partial charge in [0, 0.05) is 19.6 Å². The maximum absolute atomic E-state index is 13.7. The molecule has 2 rings (SSSR count). The van der Waals surface area contributed by atoms with Crippen LogP contribution in [0.15, 0.2) is 4.99 Å². The van der Waals surface area contributed by atoms with Gasteiger partial charge in [0.25, 0.3) is 0 Å². The first-order valence-electron chi connectivity index (χ1n) is 14.5. The third-order valence-corrected chi connectivity index (χ3v) is 7.60. The van der Waals surface area contributed by atoms with Gasteiger partial charge in [-0.05, 0) is 71.3 Å². The lowest BCUT2D eigenvalue weighted by Crippen LogP contribution is -2.58. The lowest BCUT2D eigenvalue weighted by Gasteiger charge is -2.33. The molecule has 0 spiro atoms. The molecule has 0 aromatic carbocycles. The first kappa shape index (κ1) is 34.7. The number of aliphatic carboxylic acids is 1. The molecule has 16 heteroatoms. The molecule has 4 amide bonds. The minimum atomic E-state index is -1.23. The highest BCUT2D eigenvalue weighted by atomic mass is 16.4. The van der Waals surface area contributed by atoms with Gasteiger partial charge in [0.05, 0.1) is 6.10 Å². The zero-order valence-corrected chi connectivity index (χ0v) is 24.2. The van der Waals surface area contributed by atoms with Crippen LogP contribution >= 0.6 is 0 Å². The smallest absolute Gasteiger partial charge is 0.326 e. The van der Waals surface area contributed by atoms with Crippen molar-refractivity contribution >= 4 is 35.6 Å². The van der Waals surface area contributed by atoms with Gasteiger partial charge in [-0.3, -0.25) is 24.2 Å². The van der Waals surface area contributed by atoms with Gasteiger partial charge in [-0.25, -0.2) is 4.79 Å². The molecule has 6 unspecified atom stereocenters. The second-order valence-electron chi connectivity index (χ2n) is 10.8. The quantitative estimate of drug-likeness (QED) is 0.0501. The number of guanidine groups is 1. The molecule has 16 nitrogen and oxygen atoms in total. The molecule has 238 valence electrons. The molecule has 0 aromatic rings. The van der Waals surface area contributed by atoms with Crippen LogP contribution in [-0.2, 0) is 24.0 Å². The average molecular weight is 598 g/mol. The number of nitrogens with zero attached hydrogens (tertiary/aromatic N) is 3. The number of hydrogen-bond acceptors (Lipinski definition) is 9. The number of carbonyl (C=O) groups excluding carboxylic acids is 4. The van der Waals surface area contributed by atoms with Crippen molar-refractivity contribution in [3.8, 4) is 0 Å². The Morgan fingerprint density at radius 3 is 2.14 bits per heavy atom. The van der Waals surface area contributed by atoms with Gasteiger partial charge in [0.2, 0.25) is 23.6 Å². The van der Waals surface area contributed by atoms with Crippen LogP contribution in [-0.4, -0.2) is 118 Å². The fourth-order valence-corrected chi connectivity index (χ4v) is 5.25. The second kappa shape index (κ2) is 16.8. The van der Waals surface area contributed by atoms with E-state index in [2.05, 4.69) is 15.6 Å². The number of carboxylic acid groups (broad SMARTS) is 1. The zero-order chi connectivity index (χ0) is 31.4. The summed E-state index contributed by atoms with van der Waals surface area (Å²) in [5.74, 6) is -3.43. The number of carboxylic acids is 1. The monoisotopic (exact) mass is 597 g/mol. The van der Waals surface area contributed by atoms with Crippen LogP contribution in [0, 0.1) is 0 Å². The first-order chi connectivity index (χ1) is 19.9. The Kier molecular flexibility index (Phi) is 13.9. The van der Waals surface area contributed by atoms with Crippen molar-refractivity contribution in [3.05, 3.63) is 0 Å². The highest BCUT2D eigenvalue weighted by molar-refractivity contribution is 5.96. The Balaban J connectivity index is 2.12. The molecule has 0 aliphatic carbocycles. The van der Waals surface area contributed by atoms with Crippen molar-refractivity contribution < 1.29 is 34.2 Å². The van der Waals surface area contributed by atoms with Crippen molar-refractivity contribution in [2.45, 2.75) is 101 Å². The Morgan fingerprint density at radius 2 is 1.55 bits per heavy atom. The Labute approximate surface area is 245 Å².